The standard InChI is InChI=1S/C14H11NO4.C2H6S/c16-13(17)9-5-1-3-7-11(9)15-12-8-4-2-6-10(12)14(18)19;1-3-2/h1-8,15H,(H,16,17)(H,18,19);1-2H3. The van der Waals surface area contributed by atoms with Crippen LogP contribution in [0.25, 0.3) is 0 Å². The van der Waals surface area contributed by atoms with Crippen LogP contribution in [0.5, 0.6) is 0 Å². The van der Waals surface area contributed by atoms with Crippen molar-refractivity contribution in [3.8, 4) is 0 Å². The first kappa shape index (κ1) is 17.6. The van der Waals surface area contributed by atoms with Gasteiger partial charge in [-0.2, -0.15) is 11.8 Å². The van der Waals surface area contributed by atoms with E-state index >= 15 is 0 Å². The molecule has 2 aromatic rings. The van der Waals surface area contributed by atoms with Crippen molar-refractivity contribution in [2.24, 2.45) is 0 Å². The van der Waals surface area contributed by atoms with E-state index in [4.69, 9.17) is 10.2 Å². The number of rotatable bonds is 4. The maximum Gasteiger partial charge on any atom is 0.337 e. The van der Waals surface area contributed by atoms with Crippen molar-refractivity contribution in [3.63, 3.8) is 0 Å². The van der Waals surface area contributed by atoms with Crippen molar-refractivity contribution in [2.45, 2.75) is 0 Å². The van der Waals surface area contributed by atoms with Gasteiger partial charge in [0.2, 0.25) is 0 Å². The van der Waals surface area contributed by atoms with Crippen LogP contribution in [0.3, 0.4) is 0 Å². The van der Waals surface area contributed by atoms with Gasteiger partial charge in [-0.05, 0) is 36.8 Å². The van der Waals surface area contributed by atoms with Crippen molar-refractivity contribution < 1.29 is 19.8 Å². The van der Waals surface area contributed by atoms with Gasteiger partial charge in [0.05, 0.1) is 22.5 Å². The number of para-hydroxylation sites is 2. The molecule has 0 aliphatic carbocycles. The second-order valence-corrected chi connectivity index (χ2v) is 5.05. The van der Waals surface area contributed by atoms with Gasteiger partial charge in [-0.1, -0.05) is 24.3 Å². The predicted molar refractivity (Wildman–Crippen MR) is 89.5 cm³/mol. The van der Waals surface area contributed by atoms with Crippen LogP contribution in [0.2, 0.25) is 0 Å². The van der Waals surface area contributed by atoms with E-state index < -0.39 is 11.9 Å². The second-order valence-electron chi connectivity index (χ2n) is 4.23. The lowest BCUT2D eigenvalue weighted by Gasteiger charge is -2.11. The molecule has 5 nitrogen and oxygen atoms in total. The van der Waals surface area contributed by atoms with Crippen molar-refractivity contribution in [1.82, 2.24) is 0 Å². The Hall–Kier alpha value is -2.47. The Balaban J connectivity index is 0.000000745. The maximum absolute atomic E-state index is 11.1. The highest BCUT2D eigenvalue weighted by atomic mass is 32.2. The molecule has 0 atom stereocenters. The number of hydrogen-bond donors (Lipinski definition) is 3. The second kappa shape index (κ2) is 8.74. The molecule has 0 aliphatic heterocycles. The van der Waals surface area contributed by atoms with Crippen LogP contribution < -0.4 is 5.32 Å². The minimum absolute atomic E-state index is 0.0858. The fourth-order valence-electron chi connectivity index (χ4n) is 1.70. The van der Waals surface area contributed by atoms with Gasteiger partial charge in [-0.15, -0.1) is 0 Å². The number of carboxylic acids is 2. The molecule has 0 bridgehead atoms. The average molecular weight is 319 g/mol. The Bertz CT molecular complexity index is 603. The first-order chi connectivity index (χ1) is 10.5. The summed E-state index contributed by atoms with van der Waals surface area (Å²) in [5, 5.41) is 21.0. The minimum Gasteiger partial charge on any atom is -0.478 e. The number of nitrogens with one attached hydrogen (secondary N) is 1. The largest absolute Gasteiger partial charge is 0.478 e. The van der Waals surface area contributed by atoms with Crippen LogP contribution in [-0.4, -0.2) is 34.7 Å². The van der Waals surface area contributed by atoms with Gasteiger partial charge in [-0.25, -0.2) is 9.59 Å². The van der Waals surface area contributed by atoms with Crippen molar-refractivity contribution >= 4 is 35.1 Å². The van der Waals surface area contributed by atoms with Crippen LogP contribution in [-0.2, 0) is 0 Å². The monoisotopic (exact) mass is 319 g/mol. The highest BCUT2D eigenvalue weighted by Crippen LogP contribution is 2.23. The van der Waals surface area contributed by atoms with E-state index in [0.717, 1.165) is 0 Å². The third-order valence-corrected chi connectivity index (χ3v) is 2.58. The molecule has 0 radical (unpaired) electrons. The Labute approximate surface area is 133 Å². The maximum atomic E-state index is 11.1. The Morgan fingerprint density at radius 1 is 0.818 bits per heavy atom. The van der Waals surface area contributed by atoms with E-state index in [1.807, 2.05) is 12.5 Å². The molecule has 0 unspecified atom stereocenters. The van der Waals surface area contributed by atoms with Crippen molar-refractivity contribution in [3.05, 3.63) is 59.7 Å². The molecule has 0 saturated heterocycles. The van der Waals surface area contributed by atoms with Gasteiger partial charge in [0.15, 0.2) is 0 Å². The third-order valence-electron chi connectivity index (χ3n) is 2.58. The van der Waals surface area contributed by atoms with E-state index in [9.17, 15) is 9.59 Å². The van der Waals surface area contributed by atoms with Gasteiger partial charge in [0, 0.05) is 0 Å². The highest BCUT2D eigenvalue weighted by Gasteiger charge is 2.13. The molecule has 0 spiro atoms. The number of anilines is 2. The molecule has 3 N–H and O–H groups in total. The zero-order valence-electron chi connectivity index (χ0n) is 12.2. The van der Waals surface area contributed by atoms with Gasteiger partial charge in [-0.3, -0.25) is 0 Å². The van der Waals surface area contributed by atoms with E-state index in [2.05, 4.69) is 5.32 Å². The van der Waals surface area contributed by atoms with Crippen molar-refractivity contribution in [1.29, 1.82) is 0 Å². The molecule has 0 heterocycles. The predicted octanol–water partition coefficient (Wildman–Crippen LogP) is 3.81. The van der Waals surface area contributed by atoms with Gasteiger partial charge < -0.3 is 15.5 Å². The first-order valence-corrected chi connectivity index (χ1v) is 7.96. The lowest BCUT2D eigenvalue weighted by atomic mass is 10.1. The fourth-order valence-corrected chi connectivity index (χ4v) is 1.70. The summed E-state index contributed by atoms with van der Waals surface area (Å²) in [6.45, 7) is 0. The topological polar surface area (TPSA) is 86.6 Å². The summed E-state index contributed by atoms with van der Waals surface area (Å²) in [5.74, 6) is -2.15. The quantitative estimate of drug-likeness (QED) is 0.794. The zero-order chi connectivity index (χ0) is 16.5. The highest BCUT2D eigenvalue weighted by molar-refractivity contribution is 7.97. The number of benzene rings is 2. The van der Waals surface area contributed by atoms with E-state index in [1.165, 1.54) is 12.1 Å². The number of aromatic carboxylic acids is 2. The van der Waals surface area contributed by atoms with Crippen molar-refractivity contribution in [2.75, 3.05) is 17.8 Å². The summed E-state index contributed by atoms with van der Waals surface area (Å²) >= 11 is 1.75. The average Bonchev–Trinajstić information content (AvgIpc) is 2.48. The molecular formula is C16H17NO4S. The molecule has 2 rings (SSSR count). The summed E-state index contributed by atoms with van der Waals surface area (Å²) < 4.78 is 0. The minimum atomic E-state index is -1.07. The van der Waals surface area contributed by atoms with E-state index in [1.54, 1.807) is 48.2 Å². The van der Waals surface area contributed by atoms with E-state index in [-0.39, 0.29) is 11.1 Å². The fraction of sp³-hybridized carbons (Fsp3) is 0.125. The summed E-state index contributed by atoms with van der Waals surface area (Å²) in [5.41, 5.74) is 0.873. The summed E-state index contributed by atoms with van der Waals surface area (Å²) in [6.07, 6.45) is 4.08. The lowest BCUT2D eigenvalue weighted by Crippen LogP contribution is -2.06. The SMILES string of the molecule is CSC.O=C(O)c1ccccc1Nc1ccccc1C(=O)O. The molecule has 0 aliphatic rings. The molecule has 0 amide bonds. The summed E-state index contributed by atoms with van der Waals surface area (Å²) in [6, 6.07) is 12.7. The van der Waals surface area contributed by atoms with Crippen LogP contribution in [0.15, 0.2) is 48.5 Å². The van der Waals surface area contributed by atoms with Crippen LogP contribution in [0.4, 0.5) is 11.4 Å². The molecule has 0 saturated carbocycles. The molecule has 0 fully saturated rings. The number of hydrogen-bond acceptors (Lipinski definition) is 4. The molecule has 6 heteroatoms. The molecular weight excluding hydrogens is 302 g/mol. The smallest absolute Gasteiger partial charge is 0.337 e. The van der Waals surface area contributed by atoms with Gasteiger partial charge >= 0.3 is 11.9 Å². The van der Waals surface area contributed by atoms with E-state index in [0.29, 0.717) is 11.4 Å². The lowest BCUT2D eigenvalue weighted by molar-refractivity contribution is 0.0688. The number of carboxylic acid groups (broad SMARTS) is 2. The zero-order valence-corrected chi connectivity index (χ0v) is 13.1. The van der Waals surface area contributed by atoms with Gasteiger partial charge in [0.1, 0.15) is 0 Å². The normalized spacial score (nSPS) is 9.36. The summed E-state index contributed by atoms with van der Waals surface area (Å²) in [4.78, 5) is 22.1. The first-order valence-electron chi connectivity index (χ1n) is 6.33. The molecule has 2 aromatic carbocycles. The van der Waals surface area contributed by atoms with Crippen LogP contribution in [0.1, 0.15) is 20.7 Å². The Morgan fingerprint density at radius 3 is 1.45 bits per heavy atom. The van der Waals surface area contributed by atoms with Crippen LogP contribution in [0, 0.1) is 0 Å². The molecule has 0 aromatic heterocycles. The number of carbonyl (C=O) groups is 2. The third kappa shape index (κ3) is 4.82. The molecule has 22 heavy (non-hydrogen) atoms. The summed E-state index contributed by atoms with van der Waals surface area (Å²) in [7, 11) is 0. The Morgan fingerprint density at radius 2 is 1.14 bits per heavy atom. The van der Waals surface area contributed by atoms with Gasteiger partial charge in [0.25, 0.3) is 0 Å². The van der Waals surface area contributed by atoms with Crippen LogP contribution >= 0.6 is 11.8 Å². The Kier molecular flexibility index (Phi) is 6.98. The molecule has 116 valence electrons. The number of thioether (sulfide) groups is 1.